The second-order valence-corrected chi connectivity index (χ2v) is 5.14. The molecule has 0 spiro atoms. The van der Waals surface area contributed by atoms with Crippen molar-refractivity contribution in [3.05, 3.63) is 0 Å². The van der Waals surface area contributed by atoms with E-state index in [9.17, 15) is 0 Å². The predicted molar refractivity (Wildman–Crippen MR) is 54.7 cm³/mol. The minimum atomic E-state index is -0.277. The first-order chi connectivity index (χ1) is 5.47. The van der Waals surface area contributed by atoms with Crippen molar-refractivity contribution in [2.24, 2.45) is 0 Å². The number of hydrogen-bond acceptors (Lipinski definition) is 3. The molecule has 0 amide bonds. The number of rotatable bonds is 2. The van der Waals surface area contributed by atoms with Crippen molar-refractivity contribution in [1.29, 1.82) is 0 Å². The molecule has 1 aliphatic heterocycles. The molecule has 0 unspecified atom stereocenters. The molecule has 1 heterocycles. The molecule has 0 aliphatic carbocycles. The molecule has 1 fully saturated rings. The molecule has 12 heavy (non-hydrogen) atoms. The van der Waals surface area contributed by atoms with E-state index in [1.807, 2.05) is 13.8 Å². The Bertz CT molecular complexity index is 136. The summed E-state index contributed by atoms with van der Waals surface area (Å²) in [6.45, 7) is 6.28. The van der Waals surface area contributed by atoms with Gasteiger partial charge in [0.1, 0.15) is 4.93 Å². The summed E-state index contributed by atoms with van der Waals surface area (Å²) in [5.41, 5.74) is 0. The van der Waals surface area contributed by atoms with Gasteiger partial charge in [0.15, 0.2) is 0 Å². The minimum absolute atomic E-state index is 0.277. The lowest BCUT2D eigenvalue weighted by atomic mass is 10.1. The second kappa shape index (κ2) is 3.99. The maximum atomic E-state index is 5.76. The molecule has 3 heteroatoms. The van der Waals surface area contributed by atoms with Crippen LogP contribution < -0.4 is 0 Å². The number of nitrogens with zero attached hydrogens (tertiary/aromatic N) is 1. The molecule has 0 radical (unpaired) electrons. The van der Waals surface area contributed by atoms with E-state index in [1.165, 1.54) is 0 Å². The quantitative estimate of drug-likeness (QED) is 0.525. The molecule has 1 rings (SSSR count). The van der Waals surface area contributed by atoms with Crippen LogP contribution in [0.5, 0.6) is 0 Å². The van der Waals surface area contributed by atoms with Gasteiger partial charge in [-0.05, 0) is 33.7 Å². The van der Waals surface area contributed by atoms with E-state index in [-0.39, 0.29) is 4.93 Å². The van der Waals surface area contributed by atoms with Crippen molar-refractivity contribution >= 4 is 12.6 Å². The normalized spacial score (nSPS) is 23.0. The Morgan fingerprint density at radius 3 is 2.25 bits per heavy atom. The lowest BCUT2D eigenvalue weighted by molar-refractivity contribution is -0.0402. The average molecular weight is 189 g/mol. The lowest BCUT2D eigenvalue weighted by Crippen LogP contribution is -2.37. The van der Waals surface area contributed by atoms with Crippen molar-refractivity contribution in [2.75, 3.05) is 20.1 Å². The fourth-order valence-corrected chi connectivity index (χ4v) is 1.66. The average Bonchev–Trinajstić information content (AvgIpc) is 1.91. The van der Waals surface area contributed by atoms with Gasteiger partial charge in [-0.25, -0.2) is 0 Å². The molecule has 72 valence electrons. The fraction of sp³-hybridized carbons (Fsp3) is 1.00. The smallest absolute Gasteiger partial charge is 0.105 e. The van der Waals surface area contributed by atoms with E-state index in [0.29, 0.717) is 6.10 Å². The van der Waals surface area contributed by atoms with Gasteiger partial charge in [0.05, 0.1) is 6.10 Å². The third-order valence-corrected chi connectivity index (χ3v) is 2.23. The molecule has 0 aromatic heterocycles. The second-order valence-electron chi connectivity index (χ2n) is 4.07. The molecular weight excluding hydrogens is 170 g/mol. The van der Waals surface area contributed by atoms with Crippen LogP contribution in [-0.4, -0.2) is 36.1 Å². The van der Waals surface area contributed by atoms with Gasteiger partial charge in [0.2, 0.25) is 0 Å². The topological polar surface area (TPSA) is 12.5 Å². The van der Waals surface area contributed by atoms with E-state index < -0.39 is 0 Å². The van der Waals surface area contributed by atoms with Crippen LogP contribution in [0.25, 0.3) is 0 Å². The number of hydrogen-bond donors (Lipinski definition) is 1. The van der Waals surface area contributed by atoms with Crippen molar-refractivity contribution in [3.63, 3.8) is 0 Å². The third-order valence-electron chi connectivity index (χ3n) is 2.12. The summed E-state index contributed by atoms with van der Waals surface area (Å²) in [5, 5.41) is 0. The van der Waals surface area contributed by atoms with Gasteiger partial charge in [-0.2, -0.15) is 0 Å². The zero-order valence-corrected chi connectivity index (χ0v) is 9.10. The van der Waals surface area contributed by atoms with Crippen LogP contribution >= 0.6 is 12.6 Å². The Hall–Kier alpha value is 0.270. The standard InChI is InChI=1S/C9H19NOS/c1-9(2,12)11-8-4-6-10(3)7-5-8/h8,12H,4-7H2,1-3H3. The van der Waals surface area contributed by atoms with Gasteiger partial charge in [-0.3, -0.25) is 0 Å². The maximum Gasteiger partial charge on any atom is 0.105 e. The Kier molecular flexibility index (Phi) is 3.44. The zero-order chi connectivity index (χ0) is 9.19. The van der Waals surface area contributed by atoms with Gasteiger partial charge in [-0.15, -0.1) is 12.6 Å². The Balaban J connectivity index is 2.26. The highest BCUT2D eigenvalue weighted by Crippen LogP contribution is 2.22. The summed E-state index contributed by atoms with van der Waals surface area (Å²) in [5.74, 6) is 0. The van der Waals surface area contributed by atoms with Crippen molar-refractivity contribution < 1.29 is 4.74 Å². The van der Waals surface area contributed by atoms with Crippen LogP contribution in [0, 0.1) is 0 Å². The molecule has 0 aromatic rings. The molecule has 0 atom stereocenters. The molecular formula is C9H19NOS. The highest BCUT2D eigenvalue weighted by molar-refractivity contribution is 7.81. The first-order valence-corrected chi connectivity index (χ1v) is 5.01. The van der Waals surface area contributed by atoms with Gasteiger partial charge in [-0.1, -0.05) is 0 Å². The SMILES string of the molecule is CN1CCC(OC(C)(C)S)CC1. The van der Waals surface area contributed by atoms with Gasteiger partial charge in [0.25, 0.3) is 0 Å². The maximum absolute atomic E-state index is 5.76. The van der Waals surface area contributed by atoms with Crippen LogP contribution in [-0.2, 0) is 4.74 Å². The predicted octanol–water partition coefficient (Wildman–Crippen LogP) is 1.76. The number of piperidine rings is 1. The van der Waals surface area contributed by atoms with Crippen molar-refractivity contribution in [3.8, 4) is 0 Å². The summed E-state index contributed by atoms with van der Waals surface area (Å²) < 4.78 is 5.76. The molecule has 1 aliphatic rings. The van der Waals surface area contributed by atoms with Crippen LogP contribution in [0.2, 0.25) is 0 Å². The minimum Gasteiger partial charge on any atom is -0.362 e. The number of thiol groups is 1. The summed E-state index contributed by atoms with van der Waals surface area (Å²) >= 11 is 4.35. The molecule has 0 saturated carbocycles. The summed E-state index contributed by atoms with van der Waals surface area (Å²) in [6.07, 6.45) is 2.69. The lowest BCUT2D eigenvalue weighted by Gasteiger charge is -2.33. The van der Waals surface area contributed by atoms with Crippen LogP contribution in [0.1, 0.15) is 26.7 Å². The highest BCUT2D eigenvalue weighted by Gasteiger charge is 2.22. The molecule has 0 N–H and O–H groups in total. The van der Waals surface area contributed by atoms with Gasteiger partial charge in [0, 0.05) is 13.1 Å². The van der Waals surface area contributed by atoms with Gasteiger partial charge < -0.3 is 9.64 Å². The number of ether oxygens (including phenoxy) is 1. The van der Waals surface area contributed by atoms with E-state index in [1.54, 1.807) is 0 Å². The molecule has 2 nitrogen and oxygen atoms in total. The third kappa shape index (κ3) is 3.78. The summed E-state index contributed by atoms with van der Waals surface area (Å²) in [7, 11) is 2.15. The van der Waals surface area contributed by atoms with E-state index >= 15 is 0 Å². The van der Waals surface area contributed by atoms with Crippen molar-refractivity contribution in [2.45, 2.75) is 37.7 Å². The monoisotopic (exact) mass is 189 g/mol. The van der Waals surface area contributed by atoms with Crippen LogP contribution in [0.3, 0.4) is 0 Å². The Morgan fingerprint density at radius 1 is 1.33 bits per heavy atom. The van der Waals surface area contributed by atoms with E-state index in [2.05, 4.69) is 24.6 Å². The first-order valence-electron chi connectivity index (χ1n) is 4.56. The summed E-state index contributed by atoms with van der Waals surface area (Å²) in [6, 6.07) is 0. The molecule has 1 saturated heterocycles. The van der Waals surface area contributed by atoms with Gasteiger partial charge >= 0.3 is 0 Å². The fourth-order valence-electron chi connectivity index (χ4n) is 1.51. The highest BCUT2D eigenvalue weighted by atomic mass is 32.1. The Labute approximate surface area is 80.7 Å². The number of likely N-dealkylation sites (tertiary alicyclic amines) is 1. The van der Waals surface area contributed by atoms with E-state index in [4.69, 9.17) is 4.74 Å². The molecule has 0 bridgehead atoms. The van der Waals surface area contributed by atoms with Crippen LogP contribution in [0.4, 0.5) is 0 Å². The van der Waals surface area contributed by atoms with Crippen LogP contribution in [0.15, 0.2) is 0 Å². The zero-order valence-electron chi connectivity index (χ0n) is 8.21. The van der Waals surface area contributed by atoms with E-state index in [0.717, 1.165) is 25.9 Å². The van der Waals surface area contributed by atoms with Crippen molar-refractivity contribution in [1.82, 2.24) is 4.90 Å². The first kappa shape index (κ1) is 10.4. The summed E-state index contributed by atoms with van der Waals surface area (Å²) in [4.78, 5) is 2.06. The largest absolute Gasteiger partial charge is 0.362 e. The molecule has 0 aromatic carbocycles. The Morgan fingerprint density at radius 2 is 1.83 bits per heavy atom.